The third-order valence-corrected chi connectivity index (χ3v) is 2.79. The van der Waals surface area contributed by atoms with Crippen LogP contribution in [0, 0.1) is 0 Å². The average Bonchev–Trinajstić information content (AvgIpc) is 2.78. The minimum atomic E-state index is -0.131. The maximum atomic E-state index is 11.1. The summed E-state index contributed by atoms with van der Waals surface area (Å²) in [5.41, 5.74) is 1.06. The Morgan fingerprint density at radius 3 is 2.76 bits per heavy atom. The van der Waals surface area contributed by atoms with Crippen molar-refractivity contribution in [1.29, 1.82) is 0 Å². The lowest BCUT2D eigenvalue weighted by atomic mass is 10.1. The highest BCUT2D eigenvalue weighted by atomic mass is 79.9. The number of nitrogens with zero attached hydrogens (tertiary/aromatic N) is 1. The first-order chi connectivity index (χ1) is 8.11. The molecule has 2 rings (SSSR count). The first-order valence-electron chi connectivity index (χ1n) is 4.93. The summed E-state index contributed by atoms with van der Waals surface area (Å²) < 4.78 is 11.3. The summed E-state index contributed by atoms with van der Waals surface area (Å²) in [6.07, 6.45) is 0. The SMILES string of the molecule is COc1ccc(Br)cc1-c1cc(C(C)=O)no1. The molecular formula is C12H10BrNO3. The van der Waals surface area contributed by atoms with Gasteiger partial charge in [0.1, 0.15) is 11.4 Å². The van der Waals surface area contributed by atoms with Crippen LogP contribution in [-0.4, -0.2) is 18.0 Å². The quantitative estimate of drug-likeness (QED) is 0.815. The number of methoxy groups -OCH3 is 1. The van der Waals surface area contributed by atoms with Gasteiger partial charge in [0, 0.05) is 17.5 Å². The Morgan fingerprint density at radius 1 is 1.41 bits per heavy atom. The van der Waals surface area contributed by atoms with Gasteiger partial charge in [0.25, 0.3) is 0 Å². The van der Waals surface area contributed by atoms with Crippen LogP contribution in [0.4, 0.5) is 0 Å². The monoisotopic (exact) mass is 295 g/mol. The van der Waals surface area contributed by atoms with Crippen molar-refractivity contribution in [2.24, 2.45) is 0 Å². The van der Waals surface area contributed by atoms with Gasteiger partial charge in [-0.3, -0.25) is 4.79 Å². The largest absolute Gasteiger partial charge is 0.496 e. The van der Waals surface area contributed by atoms with E-state index in [1.54, 1.807) is 13.2 Å². The first-order valence-corrected chi connectivity index (χ1v) is 5.72. The van der Waals surface area contributed by atoms with Gasteiger partial charge in [-0.15, -0.1) is 0 Å². The summed E-state index contributed by atoms with van der Waals surface area (Å²) in [5, 5.41) is 3.70. The van der Waals surface area contributed by atoms with Crippen molar-refractivity contribution >= 4 is 21.7 Å². The Bertz CT molecular complexity index is 563. The van der Waals surface area contributed by atoms with E-state index < -0.39 is 0 Å². The molecule has 0 unspecified atom stereocenters. The van der Waals surface area contributed by atoms with Crippen LogP contribution in [-0.2, 0) is 0 Å². The van der Waals surface area contributed by atoms with Gasteiger partial charge in [-0.2, -0.15) is 0 Å². The highest BCUT2D eigenvalue weighted by molar-refractivity contribution is 9.10. The zero-order chi connectivity index (χ0) is 12.4. The van der Waals surface area contributed by atoms with Crippen molar-refractivity contribution in [3.63, 3.8) is 0 Å². The smallest absolute Gasteiger partial charge is 0.181 e. The lowest BCUT2D eigenvalue weighted by Gasteiger charge is -2.05. The molecule has 0 spiro atoms. The van der Waals surface area contributed by atoms with E-state index in [0.717, 1.165) is 10.0 Å². The highest BCUT2D eigenvalue weighted by Crippen LogP contribution is 2.32. The summed E-state index contributed by atoms with van der Waals surface area (Å²) in [4.78, 5) is 11.1. The fourth-order valence-electron chi connectivity index (χ4n) is 1.44. The van der Waals surface area contributed by atoms with Gasteiger partial charge in [0.2, 0.25) is 0 Å². The van der Waals surface area contributed by atoms with E-state index in [-0.39, 0.29) is 5.78 Å². The standard InChI is InChI=1S/C12H10BrNO3/c1-7(15)10-6-12(17-14-10)9-5-8(13)3-4-11(9)16-2/h3-6H,1-2H3. The third-order valence-electron chi connectivity index (χ3n) is 2.30. The summed E-state index contributed by atoms with van der Waals surface area (Å²) in [7, 11) is 1.58. The van der Waals surface area contributed by atoms with Gasteiger partial charge in [0.05, 0.1) is 12.7 Å². The number of Topliss-reactive ketones (excluding diaryl/α,β-unsaturated/α-hetero) is 1. The van der Waals surface area contributed by atoms with Crippen molar-refractivity contribution in [2.45, 2.75) is 6.92 Å². The molecule has 0 fully saturated rings. The molecule has 88 valence electrons. The molecule has 1 heterocycles. The van der Waals surface area contributed by atoms with Gasteiger partial charge < -0.3 is 9.26 Å². The van der Waals surface area contributed by atoms with E-state index in [1.165, 1.54) is 6.92 Å². The number of carbonyl (C=O) groups is 1. The zero-order valence-corrected chi connectivity index (χ0v) is 10.9. The van der Waals surface area contributed by atoms with E-state index in [9.17, 15) is 4.79 Å². The number of ether oxygens (including phenoxy) is 1. The molecular weight excluding hydrogens is 286 g/mol. The molecule has 0 bridgehead atoms. The number of hydrogen-bond donors (Lipinski definition) is 0. The summed E-state index contributed by atoms with van der Waals surface area (Å²) in [5.74, 6) is 1.04. The lowest BCUT2D eigenvalue weighted by molar-refractivity contribution is 0.100. The Hall–Kier alpha value is -1.62. The van der Waals surface area contributed by atoms with Crippen molar-refractivity contribution in [3.8, 4) is 17.1 Å². The number of hydrogen-bond acceptors (Lipinski definition) is 4. The molecule has 0 amide bonds. The summed E-state index contributed by atoms with van der Waals surface area (Å²) >= 11 is 3.37. The number of ketones is 1. The summed E-state index contributed by atoms with van der Waals surface area (Å²) in [6, 6.07) is 7.13. The van der Waals surface area contributed by atoms with E-state index in [0.29, 0.717) is 17.2 Å². The molecule has 0 aliphatic carbocycles. The predicted octanol–water partition coefficient (Wildman–Crippen LogP) is 3.32. The first kappa shape index (κ1) is 11.9. The fraction of sp³-hybridized carbons (Fsp3) is 0.167. The maximum Gasteiger partial charge on any atom is 0.181 e. The van der Waals surface area contributed by atoms with Crippen LogP contribution < -0.4 is 4.74 Å². The topological polar surface area (TPSA) is 52.3 Å². The van der Waals surface area contributed by atoms with Crippen molar-refractivity contribution in [2.75, 3.05) is 7.11 Å². The second-order valence-electron chi connectivity index (χ2n) is 3.48. The molecule has 1 aromatic heterocycles. The average molecular weight is 296 g/mol. The number of rotatable bonds is 3. The predicted molar refractivity (Wildman–Crippen MR) is 66.2 cm³/mol. The molecule has 0 radical (unpaired) electrons. The highest BCUT2D eigenvalue weighted by Gasteiger charge is 2.14. The third kappa shape index (κ3) is 2.39. The van der Waals surface area contributed by atoms with E-state index in [1.807, 2.05) is 18.2 Å². The van der Waals surface area contributed by atoms with Crippen LogP contribution in [0.3, 0.4) is 0 Å². The van der Waals surface area contributed by atoms with Gasteiger partial charge in [-0.1, -0.05) is 21.1 Å². The Labute approximate surface area is 107 Å². The molecule has 2 aromatic rings. The molecule has 0 aliphatic rings. The molecule has 0 N–H and O–H groups in total. The lowest BCUT2D eigenvalue weighted by Crippen LogP contribution is -1.90. The Balaban J connectivity index is 2.51. The van der Waals surface area contributed by atoms with Gasteiger partial charge in [-0.05, 0) is 18.2 Å². The van der Waals surface area contributed by atoms with Crippen molar-refractivity contribution in [3.05, 3.63) is 34.4 Å². The minimum Gasteiger partial charge on any atom is -0.496 e. The van der Waals surface area contributed by atoms with Crippen LogP contribution in [0.2, 0.25) is 0 Å². The van der Waals surface area contributed by atoms with E-state index in [4.69, 9.17) is 9.26 Å². The minimum absolute atomic E-state index is 0.131. The molecule has 0 saturated heterocycles. The molecule has 1 aromatic carbocycles. The Kier molecular flexibility index (Phi) is 3.28. The summed E-state index contributed by atoms with van der Waals surface area (Å²) in [6.45, 7) is 1.44. The van der Waals surface area contributed by atoms with Crippen LogP contribution in [0.1, 0.15) is 17.4 Å². The number of aromatic nitrogens is 1. The molecule has 0 atom stereocenters. The van der Waals surface area contributed by atoms with Crippen molar-refractivity contribution < 1.29 is 14.1 Å². The molecule has 0 aliphatic heterocycles. The second-order valence-corrected chi connectivity index (χ2v) is 4.39. The molecule has 0 saturated carbocycles. The van der Waals surface area contributed by atoms with E-state index >= 15 is 0 Å². The number of halogens is 1. The number of carbonyl (C=O) groups excluding carboxylic acids is 1. The van der Waals surface area contributed by atoms with E-state index in [2.05, 4.69) is 21.1 Å². The zero-order valence-electron chi connectivity index (χ0n) is 9.36. The molecule has 4 nitrogen and oxygen atoms in total. The van der Waals surface area contributed by atoms with Crippen LogP contribution in [0.15, 0.2) is 33.3 Å². The maximum absolute atomic E-state index is 11.1. The molecule has 5 heteroatoms. The van der Waals surface area contributed by atoms with Crippen LogP contribution in [0.25, 0.3) is 11.3 Å². The van der Waals surface area contributed by atoms with Gasteiger partial charge in [0.15, 0.2) is 11.5 Å². The second kappa shape index (κ2) is 4.71. The molecule has 17 heavy (non-hydrogen) atoms. The van der Waals surface area contributed by atoms with Gasteiger partial charge >= 0.3 is 0 Å². The van der Waals surface area contributed by atoms with Crippen LogP contribution >= 0.6 is 15.9 Å². The number of benzene rings is 1. The van der Waals surface area contributed by atoms with Crippen LogP contribution in [0.5, 0.6) is 5.75 Å². The van der Waals surface area contributed by atoms with Gasteiger partial charge in [-0.25, -0.2) is 0 Å². The fourth-order valence-corrected chi connectivity index (χ4v) is 1.80. The normalized spacial score (nSPS) is 10.3. The van der Waals surface area contributed by atoms with Crippen molar-refractivity contribution in [1.82, 2.24) is 5.16 Å². The Morgan fingerprint density at radius 2 is 2.18 bits per heavy atom.